The highest BCUT2D eigenvalue weighted by Crippen LogP contribution is 2.25. The van der Waals surface area contributed by atoms with Gasteiger partial charge in [0.15, 0.2) is 0 Å². The van der Waals surface area contributed by atoms with Gasteiger partial charge in [-0.05, 0) is 50.5 Å². The number of pyridine rings is 1. The van der Waals surface area contributed by atoms with Crippen LogP contribution in [0, 0.1) is 27.7 Å². The van der Waals surface area contributed by atoms with E-state index in [1.54, 1.807) is 0 Å². The topological polar surface area (TPSA) is 12.9 Å². The summed E-state index contributed by atoms with van der Waals surface area (Å²) in [6.45, 7) is 8.52. The quantitative estimate of drug-likeness (QED) is 0.695. The minimum absolute atomic E-state index is 1.10. The Bertz CT molecular complexity index is 527. The molecule has 0 saturated carbocycles. The minimum Gasteiger partial charge on any atom is -0.256 e. The van der Waals surface area contributed by atoms with Crippen molar-refractivity contribution in [2.45, 2.75) is 27.7 Å². The molecule has 1 nitrogen and oxygen atoms in total. The van der Waals surface area contributed by atoms with E-state index in [2.05, 4.69) is 56.9 Å². The van der Waals surface area contributed by atoms with Gasteiger partial charge in [-0.3, -0.25) is 4.98 Å². The highest BCUT2D eigenvalue weighted by Gasteiger charge is 2.07. The van der Waals surface area contributed by atoms with Crippen molar-refractivity contribution in [3.8, 4) is 11.3 Å². The third kappa shape index (κ3) is 1.85. The summed E-state index contributed by atoms with van der Waals surface area (Å²) < 4.78 is 0. The van der Waals surface area contributed by atoms with Crippen LogP contribution in [0.2, 0.25) is 0 Å². The van der Waals surface area contributed by atoms with Crippen molar-refractivity contribution in [3.63, 3.8) is 0 Å². The zero-order valence-electron chi connectivity index (χ0n) is 10.3. The Balaban J connectivity index is 2.61. The first-order valence-electron chi connectivity index (χ1n) is 5.59. The maximum atomic E-state index is 4.55. The first-order valence-corrected chi connectivity index (χ1v) is 5.59. The summed E-state index contributed by atoms with van der Waals surface area (Å²) in [6, 6.07) is 8.50. The fourth-order valence-electron chi connectivity index (χ4n) is 1.91. The van der Waals surface area contributed by atoms with Crippen LogP contribution in [-0.2, 0) is 0 Å². The van der Waals surface area contributed by atoms with Gasteiger partial charge in [-0.15, -0.1) is 0 Å². The second-order valence-electron chi connectivity index (χ2n) is 4.41. The number of nitrogens with zero attached hydrogens (tertiary/aromatic N) is 1. The normalized spacial score (nSPS) is 10.5. The lowest BCUT2D eigenvalue weighted by Gasteiger charge is -2.10. The zero-order chi connectivity index (χ0) is 11.7. The summed E-state index contributed by atoms with van der Waals surface area (Å²) in [6.07, 6.45) is 1.96. The van der Waals surface area contributed by atoms with Crippen LogP contribution in [-0.4, -0.2) is 4.98 Å². The Kier molecular flexibility index (Phi) is 2.78. The van der Waals surface area contributed by atoms with Gasteiger partial charge in [0.2, 0.25) is 0 Å². The molecule has 1 aromatic carbocycles. The van der Waals surface area contributed by atoms with E-state index < -0.39 is 0 Å². The van der Waals surface area contributed by atoms with Gasteiger partial charge in [0.1, 0.15) is 0 Å². The van der Waals surface area contributed by atoms with Crippen molar-refractivity contribution in [1.29, 1.82) is 0 Å². The van der Waals surface area contributed by atoms with Crippen LogP contribution in [0.4, 0.5) is 0 Å². The van der Waals surface area contributed by atoms with Crippen LogP contribution in [0.25, 0.3) is 11.3 Å². The Morgan fingerprint density at radius 1 is 0.938 bits per heavy atom. The lowest BCUT2D eigenvalue weighted by Crippen LogP contribution is -1.94. The van der Waals surface area contributed by atoms with E-state index in [1.165, 1.54) is 27.8 Å². The number of hydrogen-bond donors (Lipinski definition) is 0. The molecule has 0 aliphatic carbocycles. The molecule has 1 aromatic heterocycles. The first-order chi connectivity index (χ1) is 7.59. The van der Waals surface area contributed by atoms with E-state index >= 15 is 0 Å². The van der Waals surface area contributed by atoms with Crippen LogP contribution in [0.5, 0.6) is 0 Å². The molecule has 0 N–H and O–H groups in total. The van der Waals surface area contributed by atoms with E-state index in [9.17, 15) is 0 Å². The van der Waals surface area contributed by atoms with Crippen molar-refractivity contribution < 1.29 is 0 Å². The van der Waals surface area contributed by atoms with Crippen molar-refractivity contribution in [2.75, 3.05) is 0 Å². The Morgan fingerprint density at radius 2 is 1.69 bits per heavy atom. The van der Waals surface area contributed by atoms with Gasteiger partial charge in [0.25, 0.3) is 0 Å². The van der Waals surface area contributed by atoms with E-state index in [4.69, 9.17) is 0 Å². The predicted octanol–water partition coefficient (Wildman–Crippen LogP) is 3.98. The number of rotatable bonds is 1. The molecule has 0 aliphatic heterocycles. The van der Waals surface area contributed by atoms with Crippen LogP contribution < -0.4 is 0 Å². The molecule has 0 spiro atoms. The molecule has 0 radical (unpaired) electrons. The van der Waals surface area contributed by atoms with Gasteiger partial charge in [-0.1, -0.05) is 23.8 Å². The van der Waals surface area contributed by atoms with Crippen molar-refractivity contribution in [2.24, 2.45) is 0 Å². The molecule has 2 aromatic rings. The molecule has 0 unspecified atom stereocenters. The average Bonchev–Trinajstić information content (AvgIpc) is 2.26. The summed E-state index contributed by atoms with van der Waals surface area (Å²) in [5, 5.41) is 0. The summed E-state index contributed by atoms with van der Waals surface area (Å²) >= 11 is 0. The lowest BCUT2D eigenvalue weighted by molar-refractivity contribution is 1.17. The highest BCUT2D eigenvalue weighted by molar-refractivity contribution is 5.65. The van der Waals surface area contributed by atoms with Crippen molar-refractivity contribution in [1.82, 2.24) is 4.98 Å². The van der Waals surface area contributed by atoms with Crippen LogP contribution in [0.1, 0.15) is 22.3 Å². The molecule has 2 rings (SSSR count). The second kappa shape index (κ2) is 4.09. The molecule has 0 amide bonds. The third-order valence-electron chi connectivity index (χ3n) is 3.19. The minimum atomic E-state index is 1.10. The third-order valence-corrected chi connectivity index (χ3v) is 3.19. The number of aromatic nitrogens is 1. The maximum absolute atomic E-state index is 4.55. The molecule has 16 heavy (non-hydrogen) atoms. The standard InChI is InChI=1S/C15H17N/c1-10-6-5-7-14(8-10)15-13(4)12(3)11(2)9-16-15/h5-9H,1-4H3. The Hall–Kier alpha value is -1.63. The van der Waals surface area contributed by atoms with Crippen LogP contribution in [0.15, 0.2) is 30.5 Å². The maximum Gasteiger partial charge on any atom is 0.0734 e. The van der Waals surface area contributed by atoms with E-state index in [-0.39, 0.29) is 0 Å². The molecular formula is C15H17N. The number of aryl methyl sites for hydroxylation is 2. The Morgan fingerprint density at radius 3 is 2.38 bits per heavy atom. The van der Waals surface area contributed by atoms with Crippen LogP contribution >= 0.6 is 0 Å². The van der Waals surface area contributed by atoms with E-state index in [1.807, 2.05) is 6.20 Å². The fourth-order valence-corrected chi connectivity index (χ4v) is 1.91. The monoisotopic (exact) mass is 211 g/mol. The van der Waals surface area contributed by atoms with Crippen LogP contribution in [0.3, 0.4) is 0 Å². The summed E-state index contributed by atoms with van der Waals surface area (Å²) in [7, 11) is 0. The molecule has 0 aliphatic rings. The predicted molar refractivity (Wildman–Crippen MR) is 68.6 cm³/mol. The average molecular weight is 211 g/mol. The Labute approximate surface area is 97.2 Å². The molecular weight excluding hydrogens is 194 g/mol. The van der Waals surface area contributed by atoms with Gasteiger partial charge >= 0.3 is 0 Å². The summed E-state index contributed by atoms with van der Waals surface area (Å²) in [5.74, 6) is 0. The van der Waals surface area contributed by atoms with E-state index in [0.29, 0.717) is 0 Å². The van der Waals surface area contributed by atoms with Gasteiger partial charge in [0.05, 0.1) is 5.69 Å². The molecule has 1 heteroatoms. The molecule has 82 valence electrons. The summed E-state index contributed by atoms with van der Waals surface area (Å²) in [5.41, 5.74) is 7.47. The lowest BCUT2D eigenvalue weighted by atomic mass is 9.99. The van der Waals surface area contributed by atoms with Gasteiger partial charge in [-0.2, -0.15) is 0 Å². The summed E-state index contributed by atoms with van der Waals surface area (Å²) in [4.78, 5) is 4.55. The smallest absolute Gasteiger partial charge is 0.0734 e. The fraction of sp³-hybridized carbons (Fsp3) is 0.267. The first kappa shape index (κ1) is 10.9. The molecule has 0 saturated heterocycles. The molecule has 1 heterocycles. The molecule has 0 atom stereocenters. The molecule has 0 fully saturated rings. The van der Waals surface area contributed by atoms with Gasteiger partial charge in [0, 0.05) is 11.8 Å². The number of hydrogen-bond acceptors (Lipinski definition) is 1. The number of benzene rings is 1. The van der Waals surface area contributed by atoms with E-state index in [0.717, 1.165) is 5.69 Å². The largest absolute Gasteiger partial charge is 0.256 e. The van der Waals surface area contributed by atoms with Crippen molar-refractivity contribution >= 4 is 0 Å². The van der Waals surface area contributed by atoms with Gasteiger partial charge in [-0.25, -0.2) is 0 Å². The molecule has 0 bridgehead atoms. The second-order valence-corrected chi connectivity index (χ2v) is 4.41. The van der Waals surface area contributed by atoms with Crippen molar-refractivity contribution in [3.05, 3.63) is 52.7 Å². The zero-order valence-corrected chi connectivity index (χ0v) is 10.3. The highest BCUT2D eigenvalue weighted by atomic mass is 14.7. The van der Waals surface area contributed by atoms with Gasteiger partial charge < -0.3 is 0 Å². The SMILES string of the molecule is Cc1cccc(-c2ncc(C)c(C)c2C)c1.